The maximum Gasteiger partial charge on any atom is 0.332 e. The Morgan fingerprint density at radius 3 is 2.83 bits per heavy atom. The predicted molar refractivity (Wildman–Crippen MR) is 40.0 cm³/mol. The lowest BCUT2D eigenvalue weighted by molar-refractivity contribution is 0.154. The van der Waals surface area contributed by atoms with Crippen molar-refractivity contribution in [1.29, 1.82) is 0 Å². The van der Waals surface area contributed by atoms with Crippen LogP contribution in [-0.4, -0.2) is 6.79 Å². The van der Waals surface area contributed by atoms with Gasteiger partial charge in [0.2, 0.25) is 12.5 Å². The van der Waals surface area contributed by atoms with Gasteiger partial charge in [0, 0.05) is 10.4 Å². The Bertz CT molecular complexity index is 594. The van der Waals surface area contributed by atoms with E-state index in [1.807, 2.05) is 6.07 Å². The highest BCUT2D eigenvalue weighted by Crippen LogP contribution is 2.46. The van der Waals surface area contributed by atoms with Crippen LogP contribution in [0.3, 0.4) is 0 Å². The molecule has 1 aliphatic heterocycles. The highest BCUT2D eigenvalue weighted by atomic mass is 16.7. The van der Waals surface area contributed by atoms with Crippen LogP contribution in [0, 0.1) is 10.4 Å². The minimum Gasteiger partial charge on any atom is -0.449 e. The summed E-state index contributed by atoms with van der Waals surface area (Å²) < 4.78 is 15.8. The number of hydrogen-bond donors (Lipinski definition) is 0. The number of ether oxygens (including phenoxy) is 2. The van der Waals surface area contributed by atoms with Gasteiger partial charge in [0.1, 0.15) is 0 Å². The third-order valence-corrected chi connectivity index (χ3v) is 2.45. The largest absolute Gasteiger partial charge is 0.449 e. The van der Waals surface area contributed by atoms with E-state index in [1.165, 1.54) is 10.4 Å². The Kier molecular flexibility index (Phi) is 0.554. The summed E-state index contributed by atoms with van der Waals surface area (Å²) in [6.07, 6.45) is 0. The fourth-order valence-corrected chi connectivity index (χ4v) is 1.80. The molecule has 0 unspecified atom stereocenters. The second-order valence-electron chi connectivity index (χ2n) is 2.99. The smallest absolute Gasteiger partial charge is 0.332 e. The summed E-state index contributed by atoms with van der Waals surface area (Å²) in [5.74, 6) is 1.32. The van der Waals surface area contributed by atoms with Crippen LogP contribution in [0.25, 0.3) is 11.0 Å². The Labute approximate surface area is 66.8 Å². The van der Waals surface area contributed by atoms with E-state index in [0.717, 1.165) is 16.7 Å². The number of furan rings is 1. The molecule has 2 aliphatic carbocycles. The number of rotatable bonds is 0. The molecule has 0 saturated carbocycles. The Hall–Kier alpha value is -1.64. The van der Waals surface area contributed by atoms with Crippen LogP contribution in [-0.2, 0) is 0 Å². The van der Waals surface area contributed by atoms with Gasteiger partial charge in [-0.25, -0.2) is 0 Å². The molecule has 0 spiro atoms. The zero-order chi connectivity index (χ0) is 7.71. The summed E-state index contributed by atoms with van der Waals surface area (Å²) in [6, 6.07) is 4.10. The molecule has 12 heavy (non-hydrogen) atoms. The molecular formula is C9H4O3. The van der Waals surface area contributed by atoms with Crippen molar-refractivity contribution in [1.82, 2.24) is 0 Å². The van der Waals surface area contributed by atoms with E-state index in [0.29, 0.717) is 5.95 Å². The molecule has 2 heterocycles. The lowest BCUT2D eigenvalue weighted by Gasteiger charge is -2.04. The zero-order valence-electron chi connectivity index (χ0n) is 6.09. The molecule has 3 aliphatic rings. The summed E-state index contributed by atoms with van der Waals surface area (Å²) in [5, 5.41) is 3.55. The van der Waals surface area contributed by atoms with Gasteiger partial charge in [0.25, 0.3) is 0 Å². The van der Waals surface area contributed by atoms with Gasteiger partial charge in [-0.3, -0.25) is 0 Å². The predicted octanol–water partition coefficient (Wildman–Crippen LogP) is 1.76. The molecule has 3 heteroatoms. The van der Waals surface area contributed by atoms with Gasteiger partial charge in [0.15, 0.2) is 5.58 Å². The number of benzene rings is 1. The summed E-state index contributed by atoms with van der Waals surface area (Å²) in [4.78, 5) is 0. The van der Waals surface area contributed by atoms with Gasteiger partial charge in [-0.2, -0.15) is 0 Å². The van der Waals surface area contributed by atoms with Crippen LogP contribution < -0.4 is 9.47 Å². The maximum absolute atomic E-state index is 5.42. The van der Waals surface area contributed by atoms with Gasteiger partial charge in [-0.1, -0.05) is 6.07 Å². The molecule has 0 aromatic carbocycles. The molecule has 3 nitrogen and oxygen atoms in total. The summed E-state index contributed by atoms with van der Waals surface area (Å²) in [6.45, 7) is 0.285. The lowest BCUT2D eigenvalue weighted by atomic mass is 10.0. The van der Waals surface area contributed by atoms with Crippen LogP contribution in [0.4, 0.5) is 0 Å². The summed E-state index contributed by atoms with van der Waals surface area (Å²) in [7, 11) is 0. The second-order valence-corrected chi connectivity index (χ2v) is 2.99. The summed E-state index contributed by atoms with van der Waals surface area (Å²) >= 11 is 0. The highest BCUT2D eigenvalue weighted by molar-refractivity contribution is 5.94. The van der Waals surface area contributed by atoms with Crippen molar-refractivity contribution in [3.63, 3.8) is 0 Å². The first-order valence-corrected chi connectivity index (χ1v) is 3.80. The standard InChI is InChI=1S/C9H4O3/c1-2-5-4(1)6-7(5)12-9-8(6)10-3-11-9/h1-2H,3H2. The maximum atomic E-state index is 5.42. The van der Waals surface area contributed by atoms with Gasteiger partial charge in [-0.15, -0.1) is 0 Å². The van der Waals surface area contributed by atoms with Crippen molar-refractivity contribution in [2.24, 2.45) is 0 Å². The first kappa shape index (κ1) is 5.09. The van der Waals surface area contributed by atoms with Crippen LogP contribution in [0.15, 0.2) is 16.5 Å². The van der Waals surface area contributed by atoms with Crippen molar-refractivity contribution in [3.05, 3.63) is 22.6 Å². The highest BCUT2D eigenvalue weighted by Gasteiger charge is 2.28. The van der Waals surface area contributed by atoms with E-state index < -0.39 is 0 Å². The Morgan fingerprint density at radius 1 is 1.08 bits per heavy atom. The number of hydrogen-bond acceptors (Lipinski definition) is 3. The minimum atomic E-state index is 0.285. The van der Waals surface area contributed by atoms with E-state index in [-0.39, 0.29) is 6.79 Å². The quantitative estimate of drug-likeness (QED) is 0.502. The number of fused-ring (bicyclic) bond motifs is 5. The lowest BCUT2D eigenvalue weighted by Crippen LogP contribution is -1.96. The molecule has 0 N–H and O–H groups in total. The Balaban J connectivity index is 2.31. The van der Waals surface area contributed by atoms with Gasteiger partial charge < -0.3 is 13.9 Å². The third kappa shape index (κ3) is 0.324. The summed E-state index contributed by atoms with van der Waals surface area (Å²) in [5.41, 5.74) is 0.928. The van der Waals surface area contributed by atoms with Crippen LogP contribution >= 0.6 is 0 Å². The third-order valence-electron chi connectivity index (χ3n) is 2.45. The van der Waals surface area contributed by atoms with E-state index in [2.05, 4.69) is 6.07 Å². The molecule has 1 aromatic rings. The molecule has 1 aromatic heterocycles. The van der Waals surface area contributed by atoms with E-state index >= 15 is 0 Å². The Morgan fingerprint density at radius 2 is 2.00 bits per heavy atom. The average molecular weight is 160 g/mol. The van der Waals surface area contributed by atoms with Crippen molar-refractivity contribution in [2.45, 2.75) is 0 Å². The van der Waals surface area contributed by atoms with Crippen molar-refractivity contribution in [2.75, 3.05) is 6.79 Å². The normalized spacial score (nSPS) is 15.7. The van der Waals surface area contributed by atoms with E-state index in [1.54, 1.807) is 0 Å². The zero-order valence-corrected chi connectivity index (χ0v) is 6.09. The topological polar surface area (TPSA) is 31.6 Å². The van der Waals surface area contributed by atoms with Crippen molar-refractivity contribution < 1.29 is 13.9 Å². The van der Waals surface area contributed by atoms with Crippen LogP contribution in [0.1, 0.15) is 0 Å². The van der Waals surface area contributed by atoms with Gasteiger partial charge >= 0.3 is 5.95 Å². The molecule has 0 bridgehead atoms. The van der Waals surface area contributed by atoms with E-state index in [4.69, 9.17) is 13.9 Å². The molecule has 4 rings (SSSR count). The minimum absolute atomic E-state index is 0.285. The SMILES string of the molecule is c1cc2c3c4c(oc3c1=2)OCO4. The fraction of sp³-hybridized carbons (Fsp3) is 0.111. The van der Waals surface area contributed by atoms with Gasteiger partial charge in [0.05, 0.1) is 5.39 Å². The molecular weight excluding hydrogens is 156 g/mol. The molecule has 0 atom stereocenters. The first-order valence-electron chi connectivity index (χ1n) is 3.80. The molecule has 0 radical (unpaired) electrons. The second kappa shape index (κ2) is 1.31. The van der Waals surface area contributed by atoms with Crippen molar-refractivity contribution >= 4 is 11.0 Å². The van der Waals surface area contributed by atoms with Gasteiger partial charge in [-0.05, 0) is 6.07 Å². The van der Waals surface area contributed by atoms with Crippen LogP contribution in [0.5, 0.6) is 11.7 Å². The molecule has 0 amide bonds. The average Bonchev–Trinajstić information content (AvgIpc) is 2.52. The molecule has 58 valence electrons. The molecule has 0 saturated heterocycles. The first-order chi connectivity index (χ1) is 5.95. The van der Waals surface area contributed by atoms with Crippen LogP contribution in [0.2, 0.25) is 0 Å². The molecule has 0 fully saturated rings. The van der Waals surface area contributed by atoms with Crippen molar-refractivity contribution in [3.8, 4) is 11.7 Å². The monoisotopic (exact) mass is 160 g/mol. The van der Waals surface area contributed by atoms with E-state index in [9.17, 15) is 0 Å². The fourth-order valence-electron chi connectivity index (χ4n) is 1.80.